The Balaban J connectivity index is 1.68. The van der Waals surface area contributed by atoms with Gasteiger partial charge in [-0.3, -0.25) is 0 Å². The van der Waals surface area contributed by atoms with Crippen molar-refractivity contribution in [1.82, 2.24) is 20.2 Å². The molecule has 0 unspecified atom stereocenters. The topological polar surface area (TPSA) is 61.7 Å². The lowest BCUT2D eigenvalue weighted by Gasteiger charge is -2.34. The Labute approximate surface area is 177 Å². The van der Waals surface area contributed by atoms with Crippen LogP contribution in [-0.4, -0.2) is 60.0 Å². The minimum Gasteiger partial charge on any atom is -0.496 e. The van der Waals surface area contributed by atoms with E-state index in [0.29, 0.717) is 6.54 Å². The zero-order chi connectivity index (χ0) is 20.8. The second kappa shape index (κ2) is 9.65. The average Bonchev–Trinajstić information content (AvgIpc) is 3.24. The highest BCUT2D eigenvalue weighted by Gasteiger charge is 2.36. The van der Waals surface area contributed by atoms with Gasteiger partial charge in [0.15, 0.2) is 6.04 Å². The van der Waals surface area contributed by atoms with Gasteiger partial charge in [-0.05, 0) is 34.2 Å². The molecule has 156 valence electrons. The number of rotatable bonds is 8. The molecule has 2 aromatic carbocycles. The van der Waals surface area contributed by atoms with Crippen molar-refractivity contribution < 1.29 is 14.5 Å². The number of aromatic nitrogens is 4. The Kier molecular flexibility index (Phi) is 6.51. The van der Waals surface area contributed by atoms with E-state index in [1.54, 1.807) is 12.0 Å². The number of nitrogens with zero attached hydrogens (tertiary/aromatic N) is 4. The van der Waals surface area contributed by atoms with Gasteiger partial charge in [-0.1, -0.05) is 49.0 Å². The summed E-state index contributed by atoms with van der Waals surface area (Å²) in [6, 6.07) is 18.6. The summed E-state index contributed by atoms with van der Waals surface area (Å²) in [6.07, 6.45) is 2.01. The highest BCUT2D eigenvalue weighted by atomic mass is 16.5. The van der Waals surface area contributed by atoms with Crippen LogP contribution in [0.15, 0.2) is 67.3 Å². The first kappa shape index (κ1) is 20.3. The molecule has 1 aliphatic heterocycles. The minimum atomic E-state index is 0.0187. The molecule has 2 heterocycles. The van der Waals surface area contributed by atoms with E-state index in [2.05, 4.69) is 46.4 Å². The van der Waals surface area contributed by atoms with Crippen molar-refractivity contribution in [3.8, 4) is 5.75 Å². The van der Waals surface area contributed by atoms with Gasteiger partial charge in [0.25, 0.3) is 0 Å². The first-order valence-electron chi connectivity index (χ1n) is 10.5. The van der Waals surface area contributed by atoms with Crippen LogP contribution in [-0.2, 0) is 6.54 Å². The highest BCUT2D eigenvalue weighted by molar-refractivity contribution is 5.37. The van der Waals surface area contributed by atoms with Crippen LogP contribution in [0, 0.1) is 0 Å². The fourth-order valence-electron chi connectivity index (χ4n) is 4.36. The summed E-state index contributed by atoms with van der Waals surface area (Å²) in [4.78, 5) is 3.05. The molecule has 0 saturated carbocycles. The number of piperazine rings is 1. The van der Waals surface area contributed by atoms with Crippen molar-refractivity contribution in [2.75, 3.05) is 39.8 Å². The predicted molar refractivity (Wildman–Crippen MR) is 115 cm³/mol. The van der Waals surface area contributed by atoms with Gasteiger partial charge in [-0.25, -0.2) is 4.68 Å². The zero-order valence-corrected chi connectivity index (χ0v) is 17.5. The van der Waals surface area contributed by atoms with Crippen LogP contribution in [0.1, 0.15) is 23.0 Å². The first-order chi connectivity index (χ1) is 14.8. The monoisotopic (exact) mass is 406 g/mol. The Hall–Kier alpha value is -3.03. The standard InChI is InChI=1S/C23H28N6O/c1-3-13-27-14-16-28(17-15-27)22(20-11-7-8-12-21(20)30-2)23-24-25-26-29(23)18-19-9-5-4-6-10-19/h3-12,22H,1,13-18H2,2H3/p+2/t22-/m0/s1. The molecule has 0 aliphatic carbocycles. The van der Waals surface area contributed by atoms with Gasteiger partial charge in [-0.15, -0.1) is 5.10 Å². The molecule has 7 nitrogen and oxygen atoms in total. The predicted octanol–water partition coefficient (Wildman–Crippen LogP) is -0.211. The molecule has 7 heteroatoms. The van der Waals surface area contributed by atoms with Crippen molar-refractivity contribution in [3.05, 3.63) is 84.2 Å². The van der Waals surface area contributed by atoms with E-state index in [1.807, 2.05) is 41.1 Å². The van der Waals surface area contributed by atoms with Crippen molar-refractivity contribution in [3.63, 3.8) is 0 Å². The molecule has 0 amide bonds. The smallest absolute Gasteiger partial charge is 0.214 e. The number of nitrogens with one attached hydrogen (secondary N) is 2. The summed E-state index contributed by atoms with van der Waals surface area (Å²) in [5.41, 5.74) is 2.31. The summed E-state index contributed by atoms with van der Waals surface area (Å²) in [6.45, 7) is 9.86. The minimum absolute atomic E-state index is 0.0187. The fourth-order valence-corrected chi connectivity index (χ4v) is 4.36. The molecule has 1 fully saturated rings. The average molecular weight is 407 g/mol. The Morgan fingerprint density at radius 3 is 2.53 bits per heavy atom. The highest BCUT2D eigenvalue weighted by Crippen LogP contribution is 2.27. The van der Waals surface area contributed by atoms with Crippen LogP contribution in [0.4, 0.5) is 0 Å². The van der Waals surface area contributed by atoms with Gasteiger partial charge >= 0.3 is 0 Å². The van der Waals surface area contributed by atoms with Crippen molar-refractivity contribution in [1.29, 1.82) is 0 Å². The first-order valence-corrected chi connectivity index (χ1v) is 10.5. The molecular formula is C23H30N6O+2. The van der Waals surface area contributed by atoms with Crippen LogP contribution in [0.3, 0.4) is 0 Å². The molecule has 1 aliphatic rings. The number of quaternary nitrogens is 2. The molecule has 0 spiro atoms. The normalized spacial score (nSPS) is 19.9. The van der Waals surface area contributed by atoms with Crippen LogP contribution in [0.25, 0.3) is 0 Å². The van der Waals surface area contributed by atoms with E-state index in [4.69, 9.17) is 4.74 Å². The molecular weight excluding hydrogens is 376 g/mol. The molecule has 30 heavy (non-hydrogen) atoms. The molecule has 0 radical (unpaired) electrons. The number of ether oxygens (including phenoxy) is 1. The van der Waals surface area contributed by atoms with Gasteiger partial charge in [0.2, 0.25) is 5.82 Å². The summed E-state index contributed by atoms with van der Waals surface area (Å²) >= 11 is 0. The number of hydrogen-bond acceptors (Lipinski definition) is 4. The third-order valence-electron chi connectivity index (χ3n) is 5.88. The number of hydrogen-bond donors (Lipinski definition) is 2. The molecule has 1 aromatic heterocycles. The van der Waals surface area contributed by atoms with E-state index in [1.165, 1.54) is 10.5 Å². The maximum absolute atomic E-state index is 5.72. The molecule has 1 atom stereocenters. The van der Waals surface area contributed by atoms with Crippen molar-refractivity contribution >= 4 is 0 Å². The lowest BCUT2D eigenvalue weighted by molar-refractivity contribution is -1.02. The lowest BCUT2D eigenvalue weighted by Crippen LogP contribution is -3.28. The number of tetrazole rings is 1. The lowest BCUT2D eigenvalue weighted by atomic mass is 10.0. The maximum atomic E-state index is 5.72. The zero-order valence-electron chi connectivity index (χ0n) is 17.5. The van der Waals surface area contributed by atoms with E-state index < -0.39 is 0 Å². The van der Waals surface area contributed by atoms with Crippen LogP contribution < -0.4 is 14.5 Å². The maximum Gasteiger partial charge on any atom is 0.214 e. The molecule has 1 saturated heterocycles. The van der Waals surface area contributed by atoms with Crippen LogP contribution in [0.5, 0.6) is 5.75 Å². The second-order valence-electron chi connectivity index (χ2n) is 7.76. The SMILES string of the molecule is C=CC[NH+]1CC[NH+]([C@@H](c2ccccc2OC)c2nnnn2Cc2ccccc2)CC1. The molecule has 4 rings (SSSR count). The van der Waals surface area contributed by atoms with Gasteiger partial charge in [0.05, 0.1) is 25.8 Å². The van der Waals surface area contributed by atoms with Gasteiger partial charge < -0.3 is 14.5 Å². The Bertz CT molecular complexity index is 949. The summed E-state index contributed by atoms with van der Waals surface area (Å²) < 4.78 is 7.66. The van der Waals surface area contributed by atoms with E-state index in [9.17, 15) is 0 Å². The Morgan fingerprint density at radius 1 is 1.07 bits per heavy atom. The quantitative estimate of drug-likeness (QED) is 0.508. The molecule has 3 aromatic rings. The summed E-state index contributed by atoms with van der Waals surface area (Å²) in [5, 5.41) is 12.9. The van der Waals surface area contributed by atoms with Crippen molar-refractivity contribution in [2.45, 2.75) is 12.6 Å². The van der Waals surface area contributed by atoms with Crippen molar-refractivity contribution in [2.24, 2.45) is 0 Å². The van der Waals surface area contributed by atoms with Crippen LogP contribution in [0.2, 0.25) is 0 Å². The third-order valence-corrected chi connectivity index (χ3v) is 5.88. The number of para-hydroxylation sites is 1. The van der Waals surface area contributed by atoms with Gasteiger partial charge in [-0.2, -0.15) is 0 Å². The summed E-state index contributed by atoms with van der Waals surface area (Å²) in [5.74, 6) is 1.76. The number of benzene rings is 2. The molecule has 0 bridgehead atoms. The van der Waals surface area contributed by atoms with E-state index in [-0.39, 0.29) is 6.04 Å². The third kappa shape index (κ3) is 4.42. The largest absolute Gasteiger partial charge is 0.496 e. The Morgan fingerprint density at radius 2 is 1.80 bits per heavy atom. The molecule has 2 N–H and O–H groups in total. The van der Waals surface area contributed by atoms with Gasteiger partial charge in [0, 0.05) is 0 Å². The fraction of sp³-hybridized carbons (Fsp3) is 0.348. The van der Waals surface area contributed by atoms with Gasteiger partial charge in [0.1, 0.15) is 31.9 Å². The summed E-state index contributed by atoms with van der Waals surface area (Å²) in [7, 11) is 1.73. The van der Waals surface area contributed by atoms with E-state index in [0.717, 1.165) is 49.9 Å². The number of methoxy groups -OCH3 is 1. The van der Waals surface area contributed by atoms with E-state index >= 15 is 0 Å². The van der Waals surface area contributed by atoms with Crippen LogP contribution >= 0.6 is 0 Å². The second-order valence-corrected chi connectivity index (χ2v) is 7.76.